The average Bonchev–Trinajstić information content (AvgIpc) is 2.76. The van der Waals surface area contributed by atoms with Crippen molar-refractivity contribution < 1.29 is 9.47 Å². The summed E-state index contributed by atoms with van der Waals surface area (Å²) in [7, 11) is 3.23. The third kappa shape index (κ3) is 4.92. The fourth-order valence-electron chi connectivity index (χ4n) is 3.50. The molecule has 1 saturated heterocycles. The highest BCUT2D eigenvalue weighted by atomic mass is 16.5. The summed E-state index contributed by atoms with van der Waals surface area (Å²) in [4.78, 5) is 4.65. The molecule has 0 amide bonds. The van der Waals surface area contributed by atoms with Crippen LogP contribution in [0.5, 0.6) is 11.5 Å². The second-order valence-electron chi connectivity index (χ2n) is 6.80. The van der Waals surface area contributed by atoms with Gasteiger partial charge in [-0.15, -0.1) is 0 Å². The number of ether oxygens (including phenoxy) is 2. The van der Waals surface area contributed by atoms with Crippen LogP contribution in [0.15, 0.2) is 54.6 Å². The Morgan fingerprint density at radius 1 is 1.00 bits per heavy atom. The van der Waals surface area contributed by atoms with E-state index in [9.17, 15) is 5.26 Å². The number of nitriles is 1. The molecule has 1 atom stereocenters. The van der Waals surface area contributed by atoms with Gasteiger partial charge in [0.1, 0.15) is 6.04 Å². The quantitative estimate of drug-likeness (QED) is 0.738. The summed E-state index contributed by atoms with van der Waals surface area (Å²) in [6.07, 6.45) is 4.37. The molecule has 1 fully saturated rings. The van der Waals surface area contributed by atoms with Crippen LogP contribution in [0.2, 0.25) is 0 Å². The second-order valence-corrected chi connectivity index (χ2v) is 6.80. The van der Waals surface area contributed by atoms with E-state index in [1.54, 1.807) is 14.2 Å². The molecule has 1 aliphatic heterocycles. The summed E-state index contributed by atoms with van der Waals surface area (Å²) >= 11 is 0. The Bertz CT molecular complexity index is 821. The zero-order chi connectivity index (χ0) is 19.8. The van der Waals surface area contributed by atoms with Gasteiger partial charge in [-0.3, -0.25) is 9.80 Å². The molecule has 5 nitrogen and oxygen atoms in total. The minimum absolute atomic E-state index is 0.276. The van der Waals surface area contributed by atoms with E-state index in [0.717, 1.165) is 38.3 Å². The molecule has 5 heteroatoms. The van der Waals surface area contributed by atoms with Crippen LogP contribution in [0.3, 0.4) is 0 Å². The van der Waals surface area contributed by atoms with Crippen LogP contribution in [0.4, 0.5) is 0 Å². The van der Waals surface area contributed by atoms with Gasteiger partial charge >= 0.3 is 0 Å². The van der Waals surface area contributed by atoms with Crippen molar-refractivity contribution in [3.63, 3.8) is 0 Å². The van der Waals surface area contributed by atoms with E-state index < -0.39 is 0 Å². The van der Waals surface area contributed by atoms with Gasteiger partial charge in [0.15, 0.2) is 11.5 Å². The van der Waals surface area contributed by atoms with E-state index in [4.69, 9.17) is 9.47 Å². The van der Waals surface area contributed by atoms with Crippen molar-refractivity contribution in [1.82, 2.24) is 9.80 Å². The normalized spacial score (nSPS) is 16.6. The fraction of sp³-hybridized carbons (Fsp3) is 0.348. The molecule has 0 saturated carbocycles. The molecule has 0 N–H and O–H groups in total. The summed E-state index contributed by atoms with van der Waals surface area (Å²) in [6.45, 7) is 4.56. The first-order valence-corrected chi connectivity index (χ1v) is 9.54. The first-order chi connectivity index (χ1) is 13.7. The van der Waals surface area contributed by atoms with Crippen LogP contribution in [-0.4, -0.2) is 56.7 Å². The molecule has 0 bridgehead atoms. The highest BCUT2D eigenvalue weighted by Gasteiger charge is 2.25. The Kier molecular flexibility index (Phi) is 7.07. The van der Waals surface area contributed by atoms with Crippen molar-refractivity contribution in [3.8, 4) is 17.6 Å². The van der Waals surface area contributed by atoms with Crippen molar-refractivity contribution in [2.45, 2.75) is 6.04 Å². The zero-order valence-electron chi connectivity index (χ0n) is 16.5. The van der Waals surface area contributed by atoms with E-state index in [2.05, 4.69) is 52.3 Å². The predicted octanol–water partition coefficient (Wildman–Crippen LogP) is 3.60. The van der Waals surface area contributed by atoms with Gasteiger partial charge < -0.3 is 9.47 Å². The largest absolute Gasteiger partial charge is 0.493 e. The highest BCUT2D eigenvalue weighted by molar-refractivity contribution is 5.48. The molecule has 0 spiro atoms. The molecule has 3 rings (SSSR count). The molecule has 146 valence electrons. The van der Waals surface area contributed by atoms with Crippen molar-refractivity contribution >= 4 is 6.08 Å². The molecule has 1 heterocycles. The molecule has 2 aromatic rings. The van der Waals surface area contributed by atoms with E-state index in [-0.39, 0.29) is 6.04 Å². The Labute approximate surface area is 167 Å². The van der Waals surface area contributed by atoms with Gasteiger partial charge in [-0.2, -0.15) is 5.26 Å². The van der Waals surface area contributed by atoms with Gasteiger partial charge in [-0.25, -0.2) is 0 Å². The molecule has 2 aromatic carbocycles. The van der Waals surface area contributed by atoms with E-state index in [1.807, 2.05) is 24.3 Å². The third-order valence-corrected chi connectivity index (χ3v) is 5.09. The van der Waals surface area contributed by atoms with Crippen molar-refractivity contribution in [3.05, 3.63) is 65.7 Å². The molecule has 0 aromatic heterocycles. The number of rotatable bonds is 7. The second kappa shape index (κ2) is 9.93. The molecular formula is C23H27N3O2. The van der Waals surface area contributed by atoms with Crippen LogP contribution in [0, 0.1) is 11.3 Å². The highest BCUT2D eigenvalue weighted by Crippen LogP contribution is 2.32. The maximum atomic E-state index is 9.77. The molecule has 0 radical (unpaired) electrons. The number of hydrogen-bond acceptors (Lipinski definition) is 5. The Morgan fingerprint density at radius 3 is 2.36 bits per heavy atom. The Morgan fingerprint density at radius 2 is 1.71 bits per heavy atom. The first kappa shape index (κ1) is 19.9. The van der Waals surface area contributed by atoms with Crippen molar-refractivity contribution in [2.24, 2.45) is 0 Å². The topological polar surface area (TPSA) is 48.7 Å². The smallest absolute Gasteiger partial charge is 0.161 e. The lowest BCUT2D eigenvalue weighted by Crippen LogP contribution is -2.47. The number of hydrogen-bond donors (Lipinski definition) is 0. The molecule has 0 aliphatic carbocycles. The number of nitrogens with zero attached hydrogens (tertiary/aromatic N) is 3. The Hall–Kier alpha value is -2.81. The van der Waals surface area contributed by atoms with Gasteiger partial charge in [-0.1, -0.05) is 48.6 Å². The van der Waals surface area contributed by atoms with Crippen LogP contribution >= 0.6 is 0 Å². The van der Waals surface area contributed by atoms with E-state index in [0.29, 0.717) is 11.5 Å². The Balaban J connectivity index is 1.57. The van der Waals surface area contributed by atoms with Gasteiger partial charge in [0.2, 0.25) is 0 Å². The van der Waals surface area contributed by atoms with Crippen molar-refractivity contribution in [2.75, 3.05) is 46.9 Å². The summed E-state index contributed by atoms with van der Waals surface area (Å²) in [6, 6.07) is 18.2. The standard InChI is InChI=1S/C23H27N3O2/c1-27-22-11-10-20(17-23(22)28-2)21(18-24)26-15-13-25(14-16-26)12-6-9-19-7-4-3-5-8-19/h3-11,17,21H,12-16H2,1-2H3/b9-6+. The maximum absolute atomic E-state index is 9.77. The van der Waals surface area contributed by atoms with Gasteiger partial charge in [0, 0.05) is 32.7 Å². The van der Waals surface area contributed by atoms with Crippen LogP contribution in [0.1, 0.15) is 17.2 Å². The number of methoxy groups -OCH3 is 2. The lowest BCUT2D eigenvalue weighted by Gasteiger charge is -2.36. The van der Waals surface area contributed by atoms with Gasteiger partial charge in [-0.05, 0) is 23.3 Å². The first-order valence-electron chi connectivity index (χ1n) is 9.54. The van der Waals surface area contributed by atoms with E-state index in [1.165, 1.54) is 5.56 Å². The molecule has 1 aliphatic rings. The third-order valence-electron chi connectivity index (χ3n) is 5.09. The summed E-state index contributed by atoms with van der Waals surface area (Å²) in [5.41, 5.74) is 2.16. The van der Waals surface area contributed by atoms with Gasteiger partial charge in [0.25, 0.3) is 0 Å². The predicted molar refractivity (Wildman–Crippen MR) is 111 cm³/mol. The lowest BCUT2D eigenvalue weighted by atomic mass is 10.0. The van der Waals surface area contributed by atoms with E-state index >= 15 is 0 Å². The average molecular weight is 377 g/mol. The summed E-state index contributed by atoms with van der Waals surface area (Å²) < 4.78 is 10.7. The molecule has 1 unspecified atom stereocenters. The minimum atomic E-state index is -0.276. The zero-order valence-corrected chi connectivity index (χ0v) is 16.5. The number of benzene rings is 2. The van der Waals surface area contributed by atoms with Crippen LogP contribution in [-0.2, 0) is 0 Å². The monoisotopic (exact) mass is 377 g/mol. The summed E-state index contributed by atoms with van der Waals surface area (Å²) in [5, 5.41) is 9.77. The van der Waals surface area contributed by atoms with Crippen LogP contribution < -0.4 is 9.47 Å². The molecular weight excluding hydrogens is 350 g/mol. The van der Waals surface area contributed by atoms with Gasteiger partial charge in [0.05, 0.1) is 20.3 Å². The SMILES string of the molecule is COc1ccc(C(C#N)N2CCN(C/C=C/c3ccccc3)CC2)cc1OC. The fourth-order valence-corrected chi connectivity index (χ4v) is 3.50. The lowest BCUT2D eigenvalue weighted by molar-refractivity contribution is 0.123. The van der Waals surface area contributed by atoms with Crippen molar-refractivity contribution in [1.29, 1.82) is 5.26 Å². The summed E-state index contributed by atoms with van der Waals surface area (Å²) in [5.74, 6) is 1.34. The molecule has 28 heavy (non-hydrogen) atoms. The number of piperazine rings is 1. The minimum Gasteiger partial charge on any atom is -0.493 e. The van der Waals surface area contributed by atoms with Crippen LogP contribution in [0.25, 0.3) is 6.08 Å². The maximum Gasteiger partial charge on any atom is 0.161 e.